The van der Waals surface area contributed by atoms with E-state index in [2.05, 4.69) is 5.32 Å². The Bertz CT molecular complexity index is 438. The predicted molar refractivity (Wildman–Crippen MR) is 68.0 cm³/mol. The molecule has 0 fully saturated rings. The summed E-state index contributed by atoms with van der Waals surface area (Å²) >= 11 is 0. The van der Waals surface area contributed by atoms with Crippen LogP contribution in [0.25, 0.3) is 0 Å². The molecule has 0 amide bonds. The smallest absolute Gasteiger partial charge is 0.371 e. The average molecular weight is 269 g/mol. The van der Waals surface area contributed by atoms with Gasteiger partial charge in [0.15, 0.2) is 0 Å². The number of nitrogens with one attached hydrogen (secondary N) is 1. The van der Waals surface area contributed by atoms with E-state index in [4.69, 9.17) is 14.3 Å². The van der Waals surface area contributed by atoms with Gasteiger partial charge in [0, 0.05) is 18.5 Å². The van der Waals surface area contributed by atoms with E-state index in [1.54, 1.807) is 13.8 Å². The summed E-state index contributed by atoms with van der Waals surface area (Å²) < 4.78 is 9.90. The lowest BCUT2D eigenvalue weighted by molar-refractivity contribution is -0.143. The van der Waals surface area contributed by atoms with E-state index < -0.39 is 5.97 Å². The molecule has 0 atom stereocenters. The van der Waals surface area contributed by atoms with Gasteiger partial charge < -0.3 is 19.6 Å². The van der Waals surface area contributed by atoms with Crippen LogP contribution in [0, 0.1) is 6.92 Å². The molecule has 6 nitrogen and oxygen atoms in total. The number of furan rings is 1. The highest BCUT2D eigenvalue weighted by atomic mass is 16.5. The van der Waals surface area contributed by atoms with E-state index in [0.29, 0.717) is 38.3 Å². The van der Waals surface area contributed by atoms with E-state index in [1.807, 2.05) is 0 Å². The van der Waals surface area contributed by atoms with Crippen LogP contribution in [-0.4, -0.2) is 30.2 Å². The van der Waals surface area contributed by atoms with Crippen molar-refractivity contribution in [2.45, 2.75) is 33.2 Å². The normalized spacial score (nSPS) is 10.4. The zero-order valence-corrected chi connectivity index (χ0v) is 11.2. The molecule has 0 saturated heterocycles. The monoisotopic (exact) mass is 269 g/mol. The first kappa shape index (κ1) is 15.2. The number of carbonyl (C=O) groups is 2. The minimum Gasteiger partial charge on any atom is -0.475 e. The van der Waals surface area contributed by atoms with Crippen molar-refractivity contribution in [2.24, 2.45) is 0 Å². The van der Waals surface area contributed by atoms with Gasteiger partial charge in [0.25, 0.3) is 0 Å². The number of carbonyl (C=O) groups excluding carboxylic acids is 1. The molecule has 0 aliphatic heterocycles. The SMILES string of the molecule is CCOC(=O)CCCNCc1cc(C(=O)O)oc1C. The Labute approximate surface area is 111 Å². The van der Waals surface area contributed by atoms with Crippen molar-refractivity contribution in [1.82, 2.24) is 5.32 Å². The molecular weight excluding hydrogens is 250 g/mol. The molecule has 0 aliphatic carbocycles. The lowest BCUT2D eigenvalue weighted by Crippen LogP contribution is -2.16. The summed E-state index contributed by atoms with van der Waals surface area (Å²) in [7, 11) is 0. The summed E-state index contributed by atoms with van der Waals surface area (Å²) in [4.78, 5) is 21.8. The fraction of sp³-hybridized carbons (Fsp3) is 0.538. The third-order valence-corrected chi connectivity index (χ3v) is 2.59. The van der Waals surface area contributed by atoms with E-state index in [-0.39, 0.29) is 11.7 Å². The summed E-state index contributed by atoms with van der Waals surface area (Å²) in [5, 5.41) is 11.9. The van der Waals surface area contributed by atoms with Crippen LogP contribution in [0.2, 0.25) is 0 Å². The molecule has 1 aromatic rings. The Morgan fingerprint density at radius 3 is 2.79 bits per heavy atom. The largest absolute Gasteiger partial charge is 0.475 e. The number of hydrogen-bond donors (Lipinski definition) is 2. The average Bonchev–Trinajstić information content (AvgIpc) is 2.71. The molecule has 106 valence electrons. The minimum atomic E-state index is -1.07. The van der Waals surface area contributed by atoms with Crippen LogP contribution < -0.4 is 5.32 Å². The van der Waals surface area contributed by atoms with Crippen molar-refractivity contribution in [1.29, 1.82) is 0 Å². The zero-order valence-electron chi connectivity index (χ0n) is 11.2. The molecule has 1 rings (SSSR count). The van der Waals surface area contributed by atoms with Gasteiger partial charge in [0.2, 0.25) is 5.76 Å². The van der Waals surface area contributed by atoms with Crippen molar-refractivity contribution in [3.63, 3.8) is 0 Å². The minimum absolute atomic E-state index is 0.0548. The topological polar surface area (TPSA) is 88.8 Å². The highest BCUT2D eigenvalue weighted by molar-refractivity contribution is 5.84. The Morgan fingerprint density at radius 2 is 2.21 bits per heavy atom. The van der Waals surface area contributed by atoms with Crippen molar-refractivity contribution < 1.29 is 23.8 Å². The number of ether oxygens (including phenoxy) is 1. The third kappa shape index (κ3) is 5.13. The highest BCUT2D eigenvalue weighted by Crippen LogP contribution is 2.14. The quantitative estimate of drug-likeness (QED) is 0.552. The third-order valence-electron chi connectivity index (χ3n) is 2.59. The first-order chi connectivity index (χ1) is 9.04. The molecule has 1 heterocycles. The number of hydrogen-bond acceptors (Lipinski definition) is 5. The first-order valence-corrected chi connectivity index (χ1v) is 6.23. The second-order valence-electron chi connectivity index (χ2n) is 4.08. The molecule has 19 heavy (non-hydrogen) atoms. The van der Waals surface area contributed by atoms with Gasteiger partial charge in [-0.05, 0) is 32.9 Å². The van der Waals surface area contributed by atoms with Gasteiger partial charge in [-0.3, -0.25) is 4.79 Å². The standard InChI is InChI=1S/C13H19NO5/c1-3-18-12(15)5-4-6-14-8-10-7-11(13(16)17)19-9(10)2/h7,14H,3-6,8H2,1-2H3,(H,16,17). The number of esters is 1. The van der Waals surface area contributed by atoms with E-state index in [9.17, 15) is 9.59 Å². The molecule has 0 saturated carbocycles. The van der Waals surface area contributed by atoms with Crippen molar-refractivity contribution in [3.05, 3.63) is 23.2 Å². The van der Waals surface area contributed by atoms with Gasteiger partial charge in [-0.1, -0.05) is 0 Å². The number of carboxylic acids is 1. The first-order valence-electron chi connectivity index (χ1n) is 6.23. The summed E-state index contributed by atoms with van der Waals surface area (Å²) in [6.45, 7) is 5.08. The number of carboxylic acid groups (broad SMARTS) is 1. The van der Waals surface area contributed by atoms with E-state index in [1.165, 1.54) is 6.07 Å². The second-order valence-corrected chi connectivity index (χ2v) is 4.08. The fourth-order valence-corrected chi connectivity index (χ4v) is 1.61. The molecule has 1 aromatic heterocycles. The van der Waals surface area contributed by atoms with Gasteiger partial charge in [-0.25, -0.2) is 4.79 Å². The number of aromatic carboxylic acids is 1. The Balaban J connectivity index is 2.26. The Morgan fingerprint density at radius 1 is 1.47 bits per heavy atom. The van der Waals surface area contributed by atoms with Crippen LogP contribution in [0.15, 0.2) is 10.5 Å². The van der Waals surface area contributed by atoms with Crippen molar-refractivity contribution >= 4 is 11.9 Å². The van der Waals surface area contributed by atoms with Crippen LogP contribution in [0.5, 0.6) is 0 Å². The summed E-state index contributed by atoms with van der Waals surface area (Å²) in [6, 6.07) is 1.51. The van der Waals surface area contributed by atoms with Crippen LogP contribution >= 0.6 is 0 Å². The van der Waals surface area contributed by atoms with Crippen LogP contribution in [0.1, 0.15) is 41.6 Å². The maximum absolute atomic E-state index is 11.1. The molecular formula is C13H19NO5. The van der Waals surface area contributed by atoms with Gasteiger partial charge in [0.05, 0.1) is 6.61 Å². The van der Waals surface area contributed by atoms with Gasteiger partial charge >= 0.3 is 11.9 Å². The molecule has 6 heteroatoms. The number of aryl methyl sites for hydroxylation is 1. The molecule has 0 bridgehead atoms. The summed E-state index contributed by atoms with van der Waals surface area (Å²) in [5.41, 5.74) is 0.813. The molecule has 0 aliphatic rings. The van der Waals surface area contributed by atoms with Crippen molar-refractivity contribution in [2.75, 3.05) is 13.2 Å². The molecule has 0 aromatic carbocycles. The van der Waals surface area contributed by atoms with Crippen LogP contribution in [-0.2, 0) is 16.1 Å². The van der Waals surface area contributed by atoms with E-state index in [0.717, 1.165) is 5.56 Å². The lowest BCUT2D eigenvalue weighted by atomic mass is 10.2. The van der Waals surface area contributed by atoms with Gasteiger partial charge in [-0.15, -0.1) is 0 Å². The molecule has 0 spiro atoms. The second kappa shape index (κ2) is 7.58. The predicted octanol–water partition coefficient (Wildman–Crippen LogP) is 1.72. The molecule has 0 radical (unpaired) electrons. The Kier molecular flexibility index (Phi) is 6.08. The summed E-state index contributed by atoms with van der Waals surface area (Å²) in [6.07, 6.45) is 1.06. The van der Waals surface area contributed by atoms with Crippen molar-refractivity contribution in [3.8, 4) is 0 Å². The number of rotatable bonds is 8. The van der Waals surface area contributed by atoms with Gasteiger partial charge in [-0.2, -0.15) is 0 Å². The summed E-state index contributed by atoms with van der Waals surface area (Å²) in [5.74, 6) is -0.732. The maximum Gasteiger partial charge on any atom is 0.371 e. The zero-order chi connectivity index (χ0) is 14.3. The highest BCUT2D eigenvalue weighted by Gasteiger charge is 2.12. The van der Waals surface area contributed by atoms with Gasteiger partial charge in [0.1, 0.15) is 5.76 Å². The fourth-order valence-electron chi connectivity index (χ4n) is 1.61. The molecule has 0 unspecified atom stereocenters. The maximum atomic E-state index is 11.1. The lowest BCUT2D eigenvalue weighted by Gasteiger charge is -2.04. The van der Waals surface area contributed by atoms with E-state index >= 15 is 0 Å². The molecule has 2 N–H and O–H groups in total. The Hall–Kier alpha value is -1.82. The van der Waals surface area contributed by atoms with Crippen LogP contribution in [0.3, 0.4) is 0 Å². The van der Waals surface area contributed by atoms with Crippen LogP contribution in [0.4, 0.5) is 0 Å².